The summed E-state index contributed by atoms with van der Waals surface area (Å²) < 4.78 is 0.432. The van der Waals surface area contributed by atoms with E-state index in [1.54, 1.807) is 23.5 Å². The van der Waals surface area contributed by atoms with E-state index in [2.05, 4.69) is 30.8 Å². The minimum absolute atomic E-state index is 0.0364. The Hall–Kier alpha value is -0.750. The Morgan fingerprint density at radius 3 is 2.23 bits per heavy atom. The number of fused-ring (bicyclic) bond motifs is 2. The predicted molar refractivity (Wildman–Crippen MR) is 103 cm³/mol. The van der Waals surface area contributed by atoms with Crippen LogP contribution in [-0.2, 0) is 0 Å². The summed E-state index contributed by atoms with van der Waals surface area (Å²) in [6.07, 6.45) is 0.210. The van der Waals surface area contributed by atoms with Gasteiger partial charge in [-0.25, -0.2) is 0 Å². The summed E-state index contributed by atoms with van der Waals surface area (Å²) in [5.41, 5.74) is 0.742. The van der Waals surface area contributed by atoms with Crippen molar-refractivity contribution in [2.45, 2.75) is 39.9 Å². The van der Waals surface area contributed by atoms with Crippen LogP contribution in [-0.4, -0.2) is 9.98 Å². The molecule has 0 bridgehead atoms. The highest BCUT2D eigenvalue weighted by Gasteiger charge is 2.22. The minimum atomic E-state index is 0.0364. The SMILES string of the molecule is CC.O=C(CC(=S)S)c1cccc2c1Sc1ccccc1S2. The number of Topliss-reactive ketones (excluding diaryl/α,β-unsaturated/α-hetero) is 1. The first kappa shape index (κ1) is 17.6. The van der Waals surface area contributed by atoms with E-state index >= 15 is 0 Å². The van der Waals surface area contributed by atoms with Gasteiger partial charge in [0.25, 0.3) is 0 Å². The third-order valence-corrected chi connectivity index (χ3v) is 5.79. The van der Waals surface area contributed by atoms with Crippen molar-refractivity contribution in [3.05, 3.63) is 48.0 Å². The van der Waals surface area contributed by atoms with Crippen LogP contribution in [0.5, 0.6) is 0 Å². The van der Waals surface area contributed by atoms with Crippen LogP contribution >= 0.6 is 48.4 Å². The van der Waals surface area contributed by atoms with Crippen molar-refractivity contribution in [1.29, 1.82) is 0 Å². The topological polar surface area (TPSA) is 17.1 Å². The molecule has 114 valence electrons. The molecule has 0 aliphatic carbocycles. The first-order valence-corrected chi connectivity index (χ1v) is 9.47. The number of carbonyl (C=O) groups is 1. The number of rotatable bonds is 3. The number of benzene rings is 2. The van der Waals surface area contributed by atoms with Crippen LogP contribution in [0.1, 0.15) is 30.6 Å². The van der Waals surface area contributed by atoms with Crippen molar-refractivity contribution >= 4 is 58.4 Å². The summed E-state index contributed by atoms with van der Waals surface area (Å²) in [6.45, 7) is 4.00. The molecule has 1 aliphatic heterocycles. The van der Waals surface area contributed by atoms with Crippen LogP contribution in [0.25, 0.3) is 0 Å². The van der Waals surface area contributed by atoms with Crippen LogP contribution in [0.3, 0.4) is 0 Å². The molecular weight excluding hydrogens is 348 g/mol. The molecule has 0 unspecified atom stereocenters. The lowest BCUT2D eigenvalue weighted by molar-refractivity contribution is 0.0998. The van der Waals surface area contributed by atoms with E-state index in [1.165, 1.54) is 9.79 Å². The summed E-state index contributed by atoms with van der Waals surface area (Å²) >= 11 is 12.3. The highest BCUT2D eigenvalue weighted by Crippen LogP contribution is 2.49. The monoisotopic (exact) mass is 364 g/mol. The minimum Gasteiger partial charge on any atom is -0.294 e. The average molecular weight is 365 g/mol. The lowest BCUT2D eigenvalue weighted by Crippen LogP contribution is -2.05. The van der Waals surface area contributed by atoms with Crippen LogP contribution in [0.4, 0.5) is 0 Å². The third kappa shape index (κ3) is 3.96. The number of hydrogen-bond acceptors (Lipinski definition) is 4. The molecule has 0 aromatic heterocycles. The number of thiocarbonyl (C=S) groups is 1. The Morgan fingerprint density at radius 2 is 1.59 bits per heavy atom. The molecule has 22 heavy (non-hydrogen) atoms. The highest BCUT2D eigenvalue weighted by molar-refractivity contribution is 8.11. The Kier molecular flexibility index (Phi) is 6.56. The van der Waals surface area contributed by atoms with Crippen molar-refractivity contribution in [2.24, 2.45) is 0 Å². The van der Waals surface area contributed by atoms with Gasteiger partial charge in [0, 0.05) is 25.1 Å². The zero-order valence-electron chi connectivity index (χ0n) is 12.3. The van der Waals surface area contributed by atoms with Gasteiger partial charge in [0.1, 0.15) is 0 Å². The van der Waals surface area contributed by atoms with E-state index < -0.39 is 0 Å². The smallest absolute Gasteiger partial charge is 0.169 e. The van der Waals surface area contributed by atoms with Gasteiger partial charge >= 0.3 is 0 Å². The van der Waals surface area contributed by atoms with Gasteiger partial charge < -0.3 is 0 Å². The number of thiol groups is 1. The van der Waals surface area contributed by atoms with E-state index in [4.69, 9.17) is 12.2 Å². The van der Waals surface area contributed by atoms with Crippen LogP contribution < -0.4 is 0 Å². The van der Waals surface area contributed by atoms with Gasteiger partial charge in [0.2, 0.25) is 0 Å². The van der Waals surface area contributed by atoms with Crippen LogP contribution in [0.15, 0.2) is 62.0 Å². The average Bonchev–Trinajstić information content (AvgIpc) is 2.53. The lowest BCUT2D eigenvalue weighted by atomic mass is 10.1. The van der Waals surface area contributed by atoms with E-state index in [0.717, 1.165) is 15.4 Å². The van der Waals surface area contributed by atoms with Gasteiger partial charge in [-0.2, -0.15) is 0 Å². The fourth-order valence-corrected chi connectivity index (χ4v) is 4.67. The fraction of sp³-hybridized carbons (Fsp3) is 0.176. The third-order valence-electron chi connectivity index (χ3n) is 2.87. The molecule has 1 heterocycles. The second-order valence-electron chi connectivity index (χ2n) is 4.28. The normalized spacial score (nSPS) is 11.6. The summed E-state index contributed by atoms with van der Waals surface area (Å²) in [5.74, 6) is 0.0364. The van der Waals surface area contributed by atoms with Gasteiger partial charge in [0.15, 0.2) is 5.78 Å². The van der Waals surface area contributed by atoms with Crippen molar-refractivity contribution in [1.82, 2.24) is 0 Å². The van der Waals surface area contributed by atoms with Crippen molar-refractivity contribution in [3.63, 3.8) is 0 Å². The molecule has 0 saturated heterocycles. The molecule has 2 aromatic rings. The number of ketones is 1. The lowest BCUT2D eigenvalue weighted by Gasteiger charge is -2.20. The molecule has 1 aliphatic rings. The maximum Gasteiger partial charge on any atom is 0.169 e. The van der Waals surface area contributed by atoms with Gasteiger partial charge in [-0.15, -0.1) is 12.6 Å². The Labute approximate surface area is 150 Å². The van der Waals surface area contributed by atoms with Gasteiger partial charge in [-0.3, -0.25) is 4.79 Å². The molecule has 0 atom stereocenters. The zero-order chi connectivity index (χ0) is 16.1. The quantitative estimate of drug-likeness (QED) is 0.340. The van der Waals surface area contributed by atoms with Crippen LogP contribution in [0, 0.1) is 0 Å². The second-order valence-corrected chi connectivity index (χ2v) is 7.75. The summed E-state index contributed by atoms with van der Waals surface area (Å²) in [6, 6.07) is 14.1. The van der Waals surface area contributed by atoms with E-state index in [-0.39, 0.29) is 12.2 Å². The molecule has 0 amide bonds. The molecular formula is C17H16OS4. The van der Waals surface area contributed by atoms with Gasteiger partial charge in [-0.05, 0) is 18.2 Å². The Bertz CT molecular complexity index is 710. The van der Waals surface area contributed by atoms with Crippen LogP contribution in [0.2, 0.25) is 0 Å². The van der Waals surface area contributed by atoms with E-state index in [9.17, 15) is 4.79 Å². The molecule has 1 nitrogen and oxygen atoms in total. The first-order chi connectivity index (χ1) is 10.6. The van der Waals surface area contributed by atoms with Gasteiger partial charge in [0.05, 0.1) is 10.6 Å². The fourth-order valence-electron chi connectivity index (χ4n) is 2.00. The first-order valence-electron chi connectivity index (χ1n) is 6.98. The van der Waals surface area contributed by atoms with Gasteiger partial charge in [-0.1, -0.05) is 73.9 Å². The molecule has 0 spiro atoms. The highest BCUT2D eigenvalue weighted by atomic mass is 32.2. The molecule has 0 saturated carbocycles. The van der Waals surface area contributed by atoms with E-state index in [0.29, 0.717) is 4.20 Å². The maximum absolute atomic E-state index is 12.3. The Balaban J connectivity index is 0.000000847. The maximum atomic E-state index is 12.3. The molecule has 2 aromatic carbocycles. The van der Waals surface area contributed by atoms with Crippen molar-refractivity contribution in [3.8, 4) is 0 Å². The predicted octanol–water partition coefficient (Wildman–Crippen LogP) is 6.16. The second kappa shape index (κ2) is 8.20. The number of hydrogen-bond donors (Lipinski definition) is 1. The summed E-state index contributed by atoms with van der Waals surface area (Å²) in [5, 5.41) is 0. The summed E-state index contributed by atoms with van der Waals surface area (Å²) in [4.78, 5) is 16.9. The van der Waals surface area contributed by atoms with Crippen molar-refractivity contribution in [2.75, 3.05) is 0 Å². The molecule has 0 radical (unpaired) electrons. The molecule has 3 rings (SSSR count). The largest absolute Gasteiger partial charge is 0.294 e. The van der Waals surface area contributed by atoms with E-state index in [1.807, 2.05) is 38.1 Å². The molecule has 0 N–H and O–H groups in total. The standard InChI is InChI=1S/C15H10OS4.C2H6/c16-10(8-14(17)18)9-4-3-7-13-15(9)20-12-6-2-1-5-11(12)19-13;1-2/h1-7H,8H2,(H,17,18);1-2H3. The summed E-state index contributed by atoms with van der Waals surface area (Å²) in [7, 11) is 0. The number of carbonyl (C=O) groups excluding carboxylic acids is 1. The Morgan fingerprint density at radius 1 is 1.00 bits per heavy atom. The van der Waals surface area contributed by atoms with Crippen molar-refractivity contribution < 1.29 is 4.79 Å². The molecule has 5 heteroatoms. The molecule has 0 fully saturated rings. The zero-order valence-corrected chi connectivity index (χ0v) is 15.7.